The maximum absolute atomic E-state index is 12.5. The number of hydrogen-bond donors (Lipinski definition) is 1. The van der Waals surface area contributed by atoms with Gasteiger partial charge in [-0.05, 0) is 99.1 Å². The van der Waals surface area contributed by atoms with E-state index in [1.54, 1.807) is 5.57 Å². The fourth-order valence-corrected chi connectivity index (χ4v) is 6.88. The highest BCUT2D eigenvalue weighted by Gasteiger charge is 2.49. The summed E-state index contributed by atoms with van der Waals surface area (Å²) in [5.41, 5.74) is 3.91. The quantitative estimate of drug-likeness (QED) is 0.541. The average molecular weight is 454 g/mol. The van der Waals surface area contributed by atoms with Gasteiger partial charge in [-0.1, -0.05) is 31.2 Å². The first-order chi connectivity index (χ1) is 15.2. The predicted molar refractivity (Wildman–Crippen MR) is 120 cm³/mol. The highest BCUT2D eigenvalue weighted by Crippen LogP contribution is 2.58. The van der Waals surface area contributed by atoms with Crippen LogP contribution in [-0.4, -0.2) is 48.2 Å². The molecule has 1 heterocycles. The number of allylic oxidation sites excluding steroid dienone is 3. The number of alkyl halides is 3. The van der Waals surface area contributed by atoms with E-state index >= 15 is 0 Å². The first-order valence-corrected chi connectivity index (χ1v) is 12.4. The molecule has 0 aromatic carbocycles. The van der Waals surface area contributed by atoms with Crippen LogP contribution in [0.1, 0.15) is 71.1 Å². The van der Waals surface area contributed by atoms with E-state index in [9.17, 15) is 18.3 Å². The summed E-state index contributed by atoms with van der Waals surface area (Å²) in [6.07, 6.45) is 9.24. The van der Waals surface area contributed by atoms with Gasteiger partial charge in [0.1, 0.15) is 0 Å². The van der Waals surface area contributed by atoms with Gasteiger partial charge < -0.3 is 10.0 Å². The molecule has 6 heteroatoms. The monoisotopic (exact) mass is 453 g/mol. The Morgan fingerprint density at radius 2 is 1.97 bits per heavy atom. The zero-order chi connectivity index (χ0) is 22.9. The SMILES string of the molecule is C=C1/C(=C\C=C2/CCCC3(C)C2CC[C@@H]3CCN2CCC(OC(F)(F)F)C2)CCCC1O. The number of ether oxygens (including phenoxy) is 1. The van der Waals surface area contributed by atoms with E-state index in [-0.39, 0.29) is 5.41 Å². The van der Waals surface area contributed by atoms with Gasteiger partial charge in [0.05, 0.1) is 12.2 Å². The summed E-state index contributed by atoms with van der Waals surface area (Å²) in [5, 5.41) is 10.1. The van der Waals surface area contributed by atoms with Gasteiger partial charge in [0.2, 0.25) is 0 Å². The fourth-order valence-electron chi connectivity index (χ4n) is 6.88. The molecule has 1 aliphatic heterocycles. The van der Waals surface area contributed by atoms with Crippen molar-refractivity contribution in [2.45, 2.75) is 89.7 Å². The molecule has 0 spiro atoms. The average Bonchev–Trinajstić information content (AvgIpc) is 3.29. The number of likely N-dealkylation sites (tertiary alicyclic amines) is 1. The number of rotatable bonds is 5. The summed E-state index contributed by atoms with van der Waals surface area (Å²) < 4.78 is 41.7. The topological polar surface area (TPSA) is 32.7 Å². The maximum Gasteiger partial charge on any atom is 0.522 e. The van der Waals surface area contributed by atoms with Crippen LogP contribution in [0.15, 0.2) is 35.5 Å². The van der Waals surface area contributed by atoms with Crippen LogP contribution in [0.2, 0.25) is 0 Å². The Morgan fingerprint density at radius 1 is 1.16 bits per heavy atom. The Bertz CT molecular complexity index is 759. The van der Waals surface area contributed by atoms with Gasteiger partial charge >= 0.3 is 6.36 Å². The molecule has 0 aromatic rings. The highest BCUT2D eigenvalue weighted by molar-refractivity contribution is 5.37. The first kappa shape index (κ1) is 24.0. The normalized spacial score (nSPS) is 39.2. The Balaban J connectivity index is 1.35. The molecule has 32 heavy (non-hydrogen) atoms. The minimum atomic E-state index is -4.53. The number of fused-ring (bicyclic) bond motifs is 1. The van der Waals surface area contributed by atoms with E-state index in [1.807, 2.05) is 0 Å². The minimum Gasteiger partial charge on any atom is -0.388 e. The number of halogens is 3. The predicted octanol–water partition coefficient (Wildman–Crippen LogP) is 6.16. The van der Waals surface area contributed by atoms with Crippen molar-refractivity contribution >= 4 is 0 Å². The van der Waals surface area contributed by atoms with Crippen LogP contribution in [-0.2, 0) is 4.74 Å². The molecule has 0 radical (unpaired) electrons. The van der Waals surface area contributed by atoms with Crippen LogP contribution >= 0.6 is 0 Å². The molecule has 3 aliphatic carbocycles. The number of hydrogen-bond acceptors (Lipinski definition) is 3. The van der Waals surface area contributed by atoms with Crippen molar-refractivity contribution in [2.24, 2.45) is 17.3 Å². The van der Waals surface area contributed by atoms with Gasteiger partial charge in [0, 0.05) is 13.1 Å². The van der Waals surface area contributed by atoms with E-state index < -0.39 is 18.6 Å². The van der Waals surface area contributed by atoms with Crippen LogP contribution in [0.25, 0.3) is 0 Å². The Morgan fingerprint density at radius 3 is 2.75 bits per heavy atom. The lowest BCUT2D eigenvalue weighted by atomic mass is 9.63. The lowest BCUT2D eigenvalue weighted by molar-refractivity contribution is -0.340. The zero-order valence-electron chi connectivity index (χ0n) is 19.3. The Labute approximate surface area is 190 Å². The van der Waals surface area contributed by atoms with Crippen LogP contribution in [0.4, 0.5) is 13.2 Å². The van der Waals surface area contributed by atoms with Crippen molar-refractivity contribution in [3.8, 4) is 0 Å². The zero-order valence-corrected chi connectivity index (χ0v) is 19.3. The van der Waals surface area contributed by atoms with E-state index in [0.717, 1.165) is 44.2 Å². The van der Waals surface area contributed by atoms with E-state index in [4.69, 9.17) is 0 Å². The van der Waals surface area contributed by atoms with Gasteiger partial charge in [0.15, 0.2) is 0 Å². The molecule has 5 atom stereocenters. The molecule has 0 bridgehead atoms. The number of nitrogens with zero attached hydrogens (tertiary/aromatic N) is 1. The van der Waals surface area contributed by atoms with E-state index in [2.05, 4.69) is 35.3 Å². The molecule has 180 valence electrons. The smallest absolute Gasteiger partial charge is 0.388 e. The van der Waals surface area contributed by atoms with Crippen molar-refractivity contribution in [1.29, 1.82) is 0 Å². The molecule has 1 N–H and O–H groups in total. The summed E-state index contributed by atoms with van der Waals surface area (Å²) in [6, 6.07) is 0. The third-order valence-corrected chi connectivity index (χ3v) is 8.72. The Hall–Kier alpha value is -1.11. The van der Waals surface area contributed by atoms with Crippen molar-refractivity contribution in [3.05, 3.63) is 35.5 Å². The van der Waals surface area contributed by atoms with E-state index in [1.165, 1.54) is 31.3 Å². The van der Waals surface area contributed by atoms with Gasteiger partial charge in [-0.2, -0.15) is 0 Å². The summed E-state index contributed by atoms with van der Waals surface area (Å²) in [4.78, 5) is 2.15. The van der Waals surface area contributed by atoms with Crippen molar-refractivity contribution in [2.75, 3.05) is 19.6 Å². The maximum atomic E-state index is 12.5. The molecule has 4 unspecified atom stereocenters. The van der Waals surface area contributed by atoms with Gasteiger partial charge in [-0.25, -0.2) is 0 Å². The van der Waals surface area contributed by atoms with E-state index in [0.29, 0.717) is 31.3 Å². The second-order valence-electron chi connectivity index (χ2n) is 10.6. The second-order valence-corrected chi connectivity index (χ2v) is 10.6. The number of aliphatic hydroxyl groups excluding tert-OH is 1. The largest absolute Gasteiger partial charge is 0.522 e. The second kappa shape index (κ2) is 9.63. The molecule has 0 aromatic heterocycles. The van der Waals surface area contributed by atoms with Gasteiger partial charge in [-0.15, -0.1) is 13.2 Å². The van der Waals surface area contributed by atoms with Crippen molar-refractivity contribution < 1.29 is 23.0 Å². The van der Waals surface area contributed by atoms with Crippen LogP contribution < -0.4 is 0 Å². The summed E-state index contributed by atoms with van der Waals surface area (Å²) >= 11 is 0. The van der Waals surface area contributed by atoms with Crippen LogP contribution in [0.5, 0.6) is 0 Å². The van der Waals surface area contributed by atoms with Crippen LogP contribution in [0.3, 0.4) is 0 Å². The molecule has 1 saturated heterocycles. The van der Waals surface area contributed by atoms with Crippen molar-refractivity contribution in [3.63, 3.8) is 0 Å². The third kappa shape index (κ3) is 5.34. The summed E-state index contributed by atoms with van der Waals surface area (Å²) in [6.45, 7) is 8.49. The van der Waals surface area contributed by atoms with Gasteiger partial charge in [0.25, 0.3) is 0 Å². The fraction of sp³-hybridized carbons (Fsp3) is 0.769. The summed E-state index contributed by atoms with van der Waals surface area (Å²) in [5.74, 6) is 1.22. The molecular formula is C26H38F3NO2. The first-order valence-electron chi connectivity index (χ1n) is 12.4. The molecule has 4 rings (SSSR count). The van der Waals surface area contributed by atoms with Crippen LogP contribution in [0, 0.1) is 17.3 Å². The standard InChI is InChI=1S/C26H38F3NO2/c1-18-19(5-3-7-24(18)31)8-9-20-6-4-14-25(2)21(10-11-23(20)25)12-15-30-16-13-22(17-30)32-26(27,28)29/h8-9,21-24,31H,1,3-7,10-17H2,2H3/b19-8-,20-9+/t21-,22?,23?,24?,25?/m1/s1. The highest BCUT2D eigenvalue weighted by atomic mass is 19.4. The molecule has 3 nitrogen and oxygen atoms in total. The molecule has 3 saturated carbocycles. The minimum absolute atomic E-state index is 0.285. The molecular weight excluding hydrogens is 415 g/mol. The third-order valence-electron chi connectivity index (χ3n) is 8.72. The lowest BCUT2D eigenvalue weighted by Gasteiger charge is -2.43. The lowest BCUT2D eigenvalue weighted by Crippen LogP contribution is -2.35. The molecule has 0 amide bonds. The molecule has 4 aliphatic rings. The van der Waals surface area contributed by atoms with Gasteiger partial charge in [-0.3, -0.25) is 4.74 Å². The Kier molecular flexibility index (Phi) is 7.23. The molecule has 4 fully saturated rings. The van der Waals surface area contributed by atoms with Crippen molar-refractivity contribution in [1.82, 2.24) is 4.90 Å². The summed E-state index contributed by atoms with van der Waals surface area (Å²) in [7, 11) is 0. The number of aliphatic hydroxyl groups is 1.